The van der Waals surface area contributed by atoms with Crippen LogP contribution in [0.15, 0.2) is 90.5 Å². The Labute approximate surface area is 252 Å². The van der Waals surface area contributed by atoms with Crippen molar-refractivity contribution in [2.75, 3.05) is 21.3 Å². The number of carbonyl (C=O) groups is 1. The van der Waals surface area contributed by atoms with E-state index in [0.717, 1.165) is 28.4 Å². The fourth-order valence-electron chi connectivity index (χ4n) is 5.05. The molecular formula is C33H28N2O7S. The minimum Gasteiger partial charge on any atom is -0.497 e. The number of aliphatic hydroxyl groups is 1. The smallest absolute Gasteiger partial charge is 0.342 e. The van der Waals surface area contributed by atoms with Crippen LogP contribution in [0.5, 0.6) is 23.0 Å². The minimum atomic E-state index is -1.98. The highest BCUT2D eigenvalue weighted by Crippen LogP contribution is 2.45. The summed E-state index contributed by atoms with van der Waals surface area (Å²) in [5.74, 6) is 0.0384. The molecule has 1 unspecified atom stereocenters. The maximum Gasteiger partial charge on any atom is 0.342 e. The number of ether oxygens (including phenoxy) is 5. The highest BCUT2D eigenvalue weighted by Gasteiger charge is 2.48. The zero-order chi connectivity index (χ0) is 30.0. The molecule has 0 radical (unpaired) electrons. The lowest BCUT2D eigenvalue weighted by Crippen LogP contribution is -2.29. The monoisotopic (exact) mass is 596 g/mol. The number of hydrogen-bond donors (Lipinski definition) is 1. The highest BCUT2D eigenvalue weighted by molar-refractivity contribution is 7.00. The Morgan fingerprint density at radius 1 is 0.744 bits per heavy atom. The first-order valence-corrected chi connectivity index (χ1v) is 14.1. The molecule has 4 aromatic carbocycles. The van der Waals surface area contributed by atoms with E-state index in [-0.39, 0.29) is 6.42 Å². The summed E-state index contributed by atoms with van der Waals surface area (Å²) in [6, 6.07) is 25.3. The maximum absolute atomic E-state index is 13.4. The van der Waals surface area contributed by atoms with Crippen molar-refractivity contribution in [3.05, 3.63) is 113 Å². The van der Waals surface area contributed by atoms with Crippen LogP contribution in [-0.4, -0.2) is 41.2 Å². The number of aromatic nitrogens is 2. The summed E-state index contributed by atoms with van der Waals surface area (Å²) in [6.07, 6.45) is 0.240. The summed E-state index contributed by atoms with van der Waals surface area (Å²) in [6.45, 7) is 0.315. The number of benzene rings is 4. The molecule has 9 nitrogen and oxygen atoms in total. The molecule has 0 aliphatic carbocycles. The number of rotatable bonds is 10. The van der Waals surface area contributed by atoms with Crippen LogP contribution in [0, 0.1) is 0 Å². The van der Waals surface area contributed by atoms with Gasteiger partial charge in [0.05, 0.1) is 38.6 Å². The third kappa shape index (κ3) is 5.62. The average Bonchev–Trinajstić information content (AvgIpc) is 3.61. The van der Waals surface area contributed by atoms with Crippen LogP contribution in [0.2, 0.25) is 0 Å². The predicted octanol–water partition coefficient (Wildman–Crippen LogP) is 5.69. The van der Waals surface area contributed by atoms with Gasteiger partial charge in [-0.3, -0.25) is 0 Å². The quantitative estimate of drug-likeness (QED) is 0.203. The minimum absolute atomic E-state index is 0.240. The lowest BCUT2D eigenvalue weighted by molar-refractivity contribution is -0.185. The zero-order valence-corrected chi connectivity index (χ0v) is 24.5. The van der Waals surface area contributed by atoms with Gasteiger partial charge in [-0.2, -0.15) is 8.75 Å². The largest absolute Gasteiger partial charge is 0.497 e. The lowest BCUT2D eigenvalue weighted by Gasteiger charge is -2.26. The molecule has 6 rings (SSSR count). The number of methoxy groups -OCH3 is 3. The van der Waals surface area contributed by atoms with Crippen molar-refractivity contribution in [3.63, 3.8) is 0 Å². The molecule has 2 heterocycles. The van der Waals surface area contributed by atoms with E-state index < -0.39 is 11.8 Å². The fourth-order valence-corrected chi connectivity index (χ4v) is 5.57. The third-order valence-electron chi connectivity index (χ3n) is 7.30. The number of hydrogen-bond acceptors (Lipinski definition) is 10. The molecule has 0 bridgehead atoms. The number of carbonyl (C=O) groups excluding carboxylic acids is 1. The van der Waals surface area contributed by atoms with Gasteiger partial charge < -0.3 is 28.8 Å². The van der Waals surface area contributed by atoms with E-state index in [1.807, 2.05) is 36.4 Å². The Bertz CT molecular complexity index is 1790. The van der Waals surface area contributed by atoms with Gasteiger partial charge in [-0.15, -0.1) is 0 Å². The van der Waals surface area contributed by atoms with Crippen LogP contribution in [0.3, 0.4) is 0 Å². The van der Waals surface area contributed by atoms with Crippen LogP contribution in [0.1, 0.15) is 22.3 Å². The van der Waals surface area contributed by atoms with Crippen LogP contribution in [0.4, 0.5) is 0 Å². The summed E-state index contributed by atoms with van der Waals surface area (Å²) in [7, 11) is 4.77. The zero-order valence-electron chi connectivity index (χ0n) is 23.7. The number of cyclic esters (lactones) is 1. The van der Waals surface area contributed by atoms with E-state index in [2.05, 4.69) is 8.75 Å². The molecular weight excluding hydrogens is 568 g/mol. The van der Waals surface area contributed by atoms with Gasteiger partial charge in [-0.05, 0) is 77.4 Å². The van der Waals surface area contributed by atoms with Crippen molar-refractivity contribution in [2.24, 2.45) is 0 Å². The first-order valence-electron chi connectivity index (χ1n) is 13.4. The number of fused-ring (bicyclic) bond motifs is 1. The molecule has 1 atom stereocenters. The molecule has 0 saturated heterocycles. The summed E-state index contributed by atoms with van der Waals surface area (Å²) >= 11 is 1.10. The van der Waals surface area contributed by atoms with Crippen molar-refractivity contribution in [3.8, 4) is 23.0 Å². The third-order valence-corrected chi connectivity index (χ3v) is 7.86. The first-order chi connectivity index (χ1) is 20.9. The SMILES string of the molecule is COc1ccc(C2(O)OC(=O)C(c3ccc4nsnc4c3)=C2Cc2ccc(OCc3cc(OC)cc(OC)c3)cc2)cc1. The van der Waals surface area contributed by atoms with E-state index in [9.17, 15) is 9.90 Å². The van der Waals surface area contributed by atoms with Crippen molar-refractivity contribution in [2.45, 2.75) is 18.8 Å². The molecule has 218 valence electrons. The molecule has 1 aromatic heterocycles. The maximum atomic E-state index is 13.4. The van der Waals surface area contributed by atoms with Crippen molar-refractivity contribution in [1.82, 2.24) is 8.75 Å². The van der Waals surface area contributed by atoms with Crippen LogP contribution in [0.25, 0.3) is 16.6 Å². The van der Waals surface area contributed by atoms with E-state index in [1.165, 1.54) is 0 Å². The van der Waals surface area contributed by atoms with Gasteiger partial charge in [0.25, 0.3) is 5.79 Å². The summed E-state index contributed by atoms with van der Waals surface area (Å²) in [4.78, 5) is 13.4. The van der Waals surface area contributed by atoms with Gasteiger partial charge >= 0.3 is 5.97 Å². The number of esters is 1. The Balaban J connectivity index is 1.31. The molecule has 1 N–H and O–H groups in total. The molecule has 43 heavy (non-hydrogen) atoms. The van der Waals surface area contributed by atoms with E-state index >= 15 is 0 Å². The average molecular weight is 597 g/mol. The second-order valence-electron chi connectivity index (χ2n) is 9.91. The van der Waals surface area contributed by atoms with Gasteiger partial charge in [-0.25, -0.2) is 4.79 Å². The van der Waals surface area contributed by atoms with Crippen molar-refractivity contribution >= 4 is 34.3 Å². The van der Waals surface area contributed by atoms with E-state index in [4.69, 9.17) is 23.7 Å². The second kappa shape index (κ2) is 11.7. The molecule has 5 aromatic rings. The molecule has 1 aliphatic rings. The van der Waals surface area contributed by atoms with Gasteiger partial charge in [0.1, 0.15) is 40.6 Å². The van der Waals surface area contributed by atoms with Gasteiger partial charge in [0.15, 0.2) is 0 Å². The van der Waals surface area contributed by atoms with Crippen molar-refractivity contribution in [1.29, 1.82) is 0 Å². The normalized spacial score (nSPS) is 16.3. The Morgan fingerprint density at radius 2 is 1.40 bits per heavy atom. The first kappa shape index (κ1) is 28.2. The number of nitrogens with zero attached hydrogens (tertiary/aromatic N) is 2. The second-order valence-corrected chi connectivity index (χ2v) is 10.4. The van der Waals surface area contributed by atoms with Gasteiger partial charge in [-0.1, -0.05) is 18.2 Å². The van der Waals surface area contributed by atoms with E-state index in [0.29, 0.717) is 57.4 Å². The van der Waals surface area contributed by atoms with E-state index in [1.54, 1.807) is 69.9 Å². The topological polar surface area (TPSA) is 109 Å². The summed E-state index contributed by atoms with van der Waals surface area (Å²) in [5.41, 5.74) is 4.86. The predicted molar refractivity (Wildman–Crippen MR) is 161 cm³/mol. The van der Waals surface area contributed by atoms with Crippen LogP contribution >= 0.6 is 11.7 Å². The van der Waals surface area contributed by atoms with Crippen molar-refractivity contribution < 1.29 is 33.6 Å². The van der Waals surface area contributed by atoms with Crippen LogP contribution in [-0.2, 0) is 28.3 Å². The molecule has 0 spiro atoms. The Hall–Kier alpha value is -4.93. The molecule has 1 aliphatic heterocycles. The molecule has 0 saturated carbocycles. The lowest BCUT2D eigenvalue weighted by atomic mass is 9.88. The summed E-state index contributed by atoms with van der Waals surface area (Å²) < 4.78 is 36.3. The molecule has 0 amide bonds. The molecule has 0 fully saturated rings. The Morgan fingerprint density at radius 3 is 2.07 bits per heavy atom. The Kier molecular flexibility index (Phi) is 7.71. The highest BCUT2D eigenvalue weighted by atomic mass is 32.1. The standard InChI is InChI=1S/C33H28N2O7S/c1-38-24-11-7-23(8-12-24)33(37)28(31(32(36)42-33)22-6-13-29-30(17-22)35-43-34-29)16-20-4-9-25(10-5-20)41-19-21-14-26(39-2)18-27(15-21)40-3/h4-15,17-18,37H,16,19H2,1-3H3. The van der Waals surface area contributed by atoms with Gasteiger partial charge in [0.2, 0.25) is 0 Å². The summed E-state index contributed by atoms with van der Waals surface area (Å²) in [5, 5.41) is 12.0. The fraction of sp³-hybridized carbons (Fsp3) is 0.182. The van der Waals surface area contributed by atoms with Gasteiger partial charge in [0, 0.05) is 23.6 Å². The molecule has 10 heteroatoms. The van der Waals surface area contributed by atoms with Crippen LogP contribution < -0.4 is 18.9 Å².